The summed E-state index contributed by atoms with van der Waals surface area (Å²) in [6.07, 6.45) is 0. The van der Waals surface area contributed by atoms with E-state index in [9.17, 15) is 15.2 Å². The first-order chi connectivity index (χ1) is 6.00. The summed E-state index contributed by atoms with van der Waals surface area (Å²) in [7, 11) is 0. The Morgan fingerprint density at radius 2 is 2.23 bits per heavy atom. The summed E-state index contributed by atoms with van der Waals surface area (Å²) < 4.78 is -1.70. The van der Waals surface area contributed by atoms with Crippen molar-refractivity contribution in [1.82, 2.24) is 4.21 Å². The van der Waals surface area contributed by atoms with Crippen molar-refractivity contribution in [3.05, 3.63) is 34.0 Å². The molecule has 0 amide bonds. The van der Waals surface area contributed by atoms with E-state index in [1.54, 1.807) is 0 Å². The number of quaternary nitrogens is 1. The quantitative estimate of drug-likeness (QED) is 0.412. The van der Waals surface area contributed by atoms with Crippen LogP contribution in [-0.2, 0) is 0 Å². The molecular formula is C7H4ClNO3S. The summed E-state index contributed by atoms with van der Waals surface area (Å²) in [4.78, 5) is 11.2. The van der Waals surface area contributed by atoms with Crippen molar-refractivity contribution >= 4 is 34.4 Å². The van der Waals surface area contributed by atoms with E-state index in [4.69, 9.17) is 11.6 Å². The Labute approximate surface area is 83.0 Å². The summed E-state index contributed by atoms with van der Waals surface area (Å²) in [6, 6.07) is 4.18. The average Bonchev–Trinajstić information content (AvgIpc) is 2.22. The standard InChI is InChI=1S/C7H4ClNO3S/c8-4-1-2-6-5(3-4)7(10)13-9(6,11)12/h1-3,11H. The van der Waals surface area contributed by atoms with Crippen molar-refractivity contribution in [1.29, 1.82) is 0 Å². The van der Waals surface area contributed by atoms with E-state index in [1.165, 1.54) is 18.2 Å². The third-order valence-corrected chi connectivity index (χ3v) is 2.75. The topological polar surface area (TPSA) is 60.4 Å². The second-order valence-electron chi connectivity index (χ2n) is 2.56. The van der Waals surface area contributed by atoms with Crippen LogP contribution in [0.5, 0.6) is 0 Å². The smallest absolute Gasteiger partial charge is 0.286 e. The zero-order chi connectivity index (χ0) is 9.64. The minimum Gasteiger partial charge on any atom is -0.581 e. The number of hydrogen-bond acceptors (Lipinski definition) is 4. The van der Waals surface area contributed by atoms with Gasteiger partial charge in [0.2, 0.25) is 0 Å². The number of benzene rings is 1. The van der Waals surface area contributed by atoms with Gasteiger partial charge in [-0.2, -0.15) is 5.21 Å². The lowest BCUT2D eigenvalue weighted by Crippen LogP contribution is -2.27. The number of rotatable bonds is 0. The van der Waals surface area contributed by atoms with Crippen molar-refractivity contribution in [3.63, 3.8) is 0 Å². The van der Waals surface area contributed by atoms with Crippen LogP contribution >= 0.6 is 23.5 Å². The summed E-state index contributed by atoms with van der Waals surface area (Å²) in [5, 5.41) is 20.3. The molecule has 0 aliphatic carbocycles. The molecular weight excluding hydrogens is 214 g/mol. The number of carbonyl (C=O) groups is 1. The van der Waals surface area contributed by atoms with Crippen LogP contribution in [0.15, 0.2) is 18.2 Å². The highest BCUT2D eigenvalue weighted by atomic mass is 35.5. The van der Waals surface area contributed by atoms with Crippen LogP contribution in [-0.4, -0.2) is 10.3 Å². The molecule has 2 rings (SSSR count). The highest BCUT2D eigenvalue weighted by molar-refractivity contribution is 8.14. The zero-order valence-corrected chi connectivity index (χ0v) is 7.80. The van der Waals surface area contributed by atoms with Crippen LogP contribution < -0.4 is 4.21 Å². The maximum Gasteiger partial charge on any atom is 0.286 e. The Kier molecular flexibility index (Phi) is 1.86. The maximum atomic E-state index is 11.2. The molecule has 1 aliphatic heterocycles. The summed E-state index contributed by atoms with van der Waals surface area (Å²) in [5.74, 6) is 0. The molecule has 0 spiro atoms. The Morgan fingerprint density at radius 3 is 2.92 bits per heavy atom. The fraction of sp³-hybridized carbons (Fsp3) is 0. The molecule has 1 atom stereocenters. The molecule has 0 radical (unpaired) electrons. The van der Waals surface area contributed by atoms with Gasteiger partial charge in [0.15, 0.2) is 17.6 Å². The lowest BCUT2D eigenvalue weighted by Gasteiger charge is -2.23. The van der Waals surface area contributed by atoms with Gasteiger partial charge in [-0.1, -0.05) is 11.6 Å². The average molecular weight is 218 g/mol. The van der Waals surface area contributed by atoms with Crippen LogP contribution in [0.25, 0.3) is 0 Å². The van der Waals surface area contributed by atoms with Crippen molar-refractivity contribution in [3.8, 4) is 0 Å². The van der Waals surface area contributed by atoms with Gasteiger partial charge in [-0.25, -0.2) is 0 Å². The molecule has 1 aliphatic rings. The lowest BCUT2D eigenvalue weighted by molar-refractivity contribution is 0.0767. The second-order valence-corrected chi connectivity index (χ2v) is 4.05. The predicted molar refractivity (Wildman–Crippen MR) is 50.3 cm³/mol. The molecule has 0 bridgehead atoms. The molecule has 1 heterocycles. The fourth-order valence-corrected chi connectivity index (χ4v) is 2.05. The maximum absolute atomic E-state index is 11.2. The van der Waals surface area contributed by atoms with Gasteiger partial charge in [-0.3, -0.25) is 4.79 Å². The molecule has 0 aromatic heterocycles. The molecule has 13 heavy (non-hydrogen) atoms. The summed E-state index contributed by atoms with van der Waals surface area (Å²) in [6.45, 7) is 0. The molecule has 6 heteroatoms. The van der Waals surface area contributed by atoms with Crippen LogP contribution in [0.2, 0.25) is 5.02 Å². The van der Waals surface area contributed by atoms with Crippen LogP contribution in [0.4, 0.5) is 5.69 Å². The minimum atomic E-state index is -1.70. The fourth-order valence-electron chi connectivity index (χ4n) is 1.13. The lowest BCUT2D eigenvalue weighted by atomic mass is 10.2. The Morgan fingerprint density at radius 1 is 1.54 bits per heavy atom. The normalized spacial score (nSPS) is 26.2. The van der Waals surface area contributed by atoms with Crippen LogP contribution in [0.1, 0.15) is 10.4 Å². The van der Waals surface area contributed by atoms with Gasteiger partial charge in [0.25, 0.3) is 5.12 Å². The molecule has 4 nitrogen and oxygen atoms in total. The van der Waals surface area contributed by atoms with Crippen molar-refractivity contribution in [2.75, 3.05) is 0 Å². The van der Waals surface area contributed by atoms with Gasteiger partial charge < -0.3 is 5.21 Å². The molecule has 1 N–H and O–H groups in total. The van der Waals surface area contributed by atoms with Gasteiger partial charge in [0.1, 0.15) is 5.56 Å². The Bertz CT molecular complexity index is 393. The second kappa shape index (κ2) is 2.70. The van der Waals surface area contributed by atoms with Crippen molar-refractivity contribution < 1.29 is 10.0 Å². The number of halogens is 1. The van der Waals surface area contributed by atoms with E-state index >= 15 is 0 Å². The molecule has 68 valence electrons. The first-order valence-electron chi connectivity index (χ1n) is 3.37. The first-order valence-corrected chi connectivity index (χ1v) is 4.53. The Hall–Kier alpha value is -0.590. The highest BCUT2D eigenvalue weighted by Crippen LogP contribution is 2.42. The SMILES string of the molecule is O=C1S[N+]([O-])(O)c2ccc(Cl)cc21. The monoisotopic (exact) mass is 217 g/mol. The Balaban J connectivity index is 2.66. The minimum absolute atomic E-state index is 0.0272. The zero-order valence-electron chi connectivity index (χ0n) is 6.23. The molecule has 0 fully saturated rings. The van der Waals surface area contributed by atoms with Gasteiger partial charge >= 0.3 is 0 Å². The number of hydrogen-bond donors (Lipinski definition) is 1. The van der Waals surface area contributed by atoms with E-state index in [-0.39, 0.29) is 11.3 Å². The van der Waals surface area contributed by atoms with E-state index in [0.717, 1.165) is 0 Å². The third-order valence-electron chi connectivity index (χ3n) is 1.69. The van der Waals surface area contributed by atoms with E-state index in [2.05, 4.69) is 0 Å². The molecule has 1 aromatic carbocycles. The van der Waals surface area contributed by atoms with E-state index in [1.807, 2.05) is 0 Å². The largest absolute Gasteiger partial charge is 0.581 e. The summed E-state index contributed by atoms with van der Waals surface area (Å²) >= 11 is 5.93. The molecule has 0 saturated heterocycles. The van der Waals surface area contributed by atoms with Crippen LogP contribution in [0.3, 0.4) is 0 Å². The van der Waals surface area contributed by atoms with Gasteiger partial charge in [0.05, 0.1) is 0 Å². The van der Waals surface area contributed by atoms with Gasteiger partial charge in [-0.05, 0) is 12.1 Å². The predicted octanol–water partition coefficient (Wildman–Crippen LogP) is 2.34. The molecule has 0 saturated carbocycles. The van der Waals surface area contributed by atoms with Crippen LogP contribution in [0, 0.1) is 5.21 Å². The van der Waals surface area contributed by atoms with Gasteiger partial charge in [0, 0.05) is 11.1 Å². The number of fused-ring (bicyclic) bond motifs is 1. The number of carbonyl (C=O) groups excluding carboxylic acids is 1. The molecule has 1 unspecified atom stereocenters. The highest BCUT2D eigenvalue weighted by Gasteiger charge is 2.40. The molecule has 1 aromatic rings. The summed E-state index contributed by atoms with van der Waals surface area (Å²) in [5.41, 5.74) is 0.203. The first kappa shape index (κ1) is 8.98. The van der Waals surface area contributed by atoms with Gasteiger partial charge in [-0.15, -0.1) is 4.21 Å². The number of nitrogens with zero attached hydrogens (tertiary/aromatic N) is 1. The van der Waals surface area contributed by atoms with Crippen molar-refractivity contribution in [2.45, 2.75) is 0 Å². The third kappa shape index (κ3) is 1.34. The van der Waals surface area contributed by atoms with Crippen molar-refractivity contribution in [2.24, 2.45) is 0 Å². The van der Waals surface area contributed by atoms with E-state index < -0.39 is 9.33 Å². The van der Waals surface area contributed by atoms with E-state index in [0.29, 0.717) is 17.0 Å².